The molecule has 0 N–H and O–H groups in total. The summed E-state index contributed by atoms with van der Waals surface area (Å²) in [7, 11) is 0. The van der Waals surface area contributed by atoms with Gasteiger partial charge < -0.3 is 18.8 Å². The Morgan fingerprint density at radius 2 is 1.66 bits per heavy atom. The SMILES string of the molecule is CCN(Cc1ccc(OCCc2nc(-c3ccccc3)oc2C)cc1)C(=O)Oc1ccc(Br)cc1. The fraction of sp³-hybridized carbons (Fsp3) is 0.214. The van der Waals surface area contributed by atoms with Gasteiger partial charge in [0.1, 0.15) is 17.3 Å². The standard InChI is InChI=1S/C28H27BrN2O4/c1-3-31(28(32)35-25-15-11-23(29)12-16-25)19-21-9-13-24(14-10-21)33-18-17-26-20(2)34-27(30-26)22-7-5-4-6-8-22/h4-16H,3,17-19H2,1-2H3. The number of halogens is 1. The quantitative estimate of drug-likeness (QED) is 0.230. The van der Waals surface area contributed by atoms with Crippen LogP contribution in [0.3, 0.4) is 0 Å². The molecule has 0 aliphatic heterocycles. The monoisotopic (exact) mass is 534 g/mol. The molecule has 0 radical (unpaired) electrons. The van der Waals surface area contributed by atoms with Crippen molar-refractivity contribution in [3.8, 4) is 23.0 Å². The van der Waals surface area contributed by atoms with Crippen LogP contribution in [-0.4, -0.2) is 29.1 Å². The number of amides is 1. The molecule has 0 fully saturated rings. The topological polar surface area (TPSA) is 64.8 Å². The summed E-state index contributed by atoms with van der Waals surface area (Å²) < 4.78 is 18.1. The fourth-order valence-corrected chi connectivity index (χ4v) is 3.78. The van der Waals surface area contributed by atoms with Gasteiger partial charge in [0.2, 0.25) is 5.89 Å². The van der Waals surface area contributed by atoms with Crippen molar-refractivity contribution in [2.24, 2.45) is 0 Å². The molecule has 4 rings (SSSR count). The minimum absolute atomic E-state index is 0.381. The summed E-state index contributed by atoms with van der Waals surface area (Å²) in [5, 5.41) is 0. The normalized spacial score (nSPS) is 10.7. The smallest absolute Gasteiger partial charge is 0.415 e. The zero-order chi connectivity index (χ0) is 24.6. The molecule has 0 unspecified atom stereocenters. The van der Waals surface area contributed by atoms with Crippen molar-refractivity contribution < 1.29 is 18.7 Å². The number of ether oxygens (including phenoxy) is 2. The molecule has 0 saturated carbocycles. The van der Waals surface area contributed by atoms with E-state index >= 15 is 0 Å². The molecule has 0 spiro atoms. The van der Waals surface area contributed by atoms with Crippen LogP contribution in [0, 0.1) is 6.92 Å². The minimum atomic E-state index is -0.381. The predicted molar refractivity (Wildman–Crippen MR) is 139 cm³/mol. The molecule has 0 aliphatic rings. The molecule has 7 heteroatoms. The molecule has 35 heavy (non-hydrogen) atoms. The zero-order valence-corrected chi connectivity index (χ0v) is 21.3. The van der Waals surface area contributed by atoms with E-state index in [0.717, 1.165) is 32.8 Å². The zero-order valence-electron chi connectivity index (χ0n) is 19.7. The van der Waals surface area contributed by atoms with Crippen LogP contribution in [0.1, 0.15) is 23.9 Å². The molecule has 0 bridgehead atoms. The van der Waals surface area contributed by atoms with Crippen LogP contribution < -0.4 is 9.47 Å². The van der Waals surface area contributed by atoms with E-state index in [1.54, 1.807) is 17.0 Å². The Balaban J connectivity index is 1.28. The Labute approximate surface area is 213 Å². The van der Waals surface area contributed by atoms with Crippen LogP contribution in [0.4, 0.5) is 4.79 Å². The average molecular weight is 535 g/mol. The van der Waals surface area contributed by atoms with Gasteiger partial charge in [-0.15, -0.1) is 0 Å². The molecule has 6 nitrogen and oxygen atoms in total. The number of hydrogen-bond donors (Lipinski definition) is 0. The van der Waals surface area contributed by atoms with Crippen molar-refractivity contribution >= 4 is 22.0 Å². The number of nitrogens with zero attached hydrogens (tertiary/aromatic N) is 2. The predicted octanol–water partition coefficient (Wildman–Crippen LogP) is 7.05. The number of aryl methyl sites for hydroxylation is 1. The molecular weight excluding hydrogens is 508 g/mol. The van der Waals surface area contributed by atoms with E-state index in [9.17, 15) is 4.79 Å². The maximum Gasteiger partial charge on any atom is 0.415 e. The highest BCUT2D eigenvalue weighted by molar-refractivity contribution is 9.10. The summed E-state index contributed by atoms with van der Waals surface area (Å²) in [6, 6.07) is 24.8. The van der Waals surface area contributed by atoms with E-state index in [2.05, 4.69) is 20.9 Å². The second kappa shape index (κ2) is 11.7. The van der Waals surface area contributed by atoms with Crippen LogP contribution in [-0.2, 0) is 13.0 Å². The molecule has 180 valence electrons. The third-order valence-electron chi connectivity index (χ3n) is 5.48. The van der Waals surface area contributed by atoms with Gasteiger partial charge in [-0.2, -0.15) is 0 Å². The summed E-state index contributed by atoms with van der Waals surface area (Å²) in [5.74, 6) is 2.70. The van der Waals surface area contributed by atoms with Gasteiger partial charge in [0.05, 0.1) is 12.3 Å². The highest BCUT2D eigenvalue weighted by Gasteiger charge is 2.15. The Bertz CT molecular complexity index is 1240. The number of hydrogen-bond acceptors (Lipinski definition) is 5. The number of carbonyl (C=O) groups excluding carboxylic acids is 1. The van der Waals surface area contributed by atoms with Gasteiger partial charge in [-0.05, 0) is 67.9 Å². The lowest BCUT2D eigenvalue weighted by Gasteiger charge is -2.20. The number of rotatable bonds is 9. The number of oxazole rings is 1. The number of aromatic nitrogens is 1. The third kappa shape index (κ3) is 6.73. The largest absolute Gasteiger partial charge is 0.493 e. The lowest BCUT2D eigenvalue weighted by Crippen LogP contribution is -2.32. The first-order valence-electron chi connectivity index (χ1n) is 11.5. The van der Waals surface area contributed by atoms with Crippen LogP contribution in [0.15, 0.2) is 87.8 Å². The number of benzene rings is 3. The summed E-state index contributed by atoms with van der Waals surface area (Å²) in [6.07, 6.45) is 0.267. The summed E-state index contributed by atoms with van der Waals surface area (Å²) in [6.45, 7) is 5.32. The maximum atomic E-state index is 12.5. The van der Waals surface area contributed by atoms with E-state index in [-0.39, 0.29) is 6.09 Å². The molecule has 3 aromatic carbocycles. The van der Waals surface area contributed by atoms with Gasteiger partial charge >= 0.3 is 6.09 Å². The first-order valence-corrected chi connectivity index (χ1v) is 12.3. The molecule has 0 saturated heterocycles. The van der Waals surface area contributed by atoms with Gasteiger partial charge in [-0.3, -0.25) is 0 Å². The van der Waals surface area contributed by atoms with Crippen molar-refractivity contribution in [2.75, 3.05) is 13.2 Å². The summed E-state index contributed by atoms with van der Waals surface area (Å²) >= 11 is 3.38. The highest BCUT2D eigenvalue weighted by atomic mass is 79.9. The molecule has 4 aromatic rings. The van der Waals surface area contributed by atoms with Crippen LogP contribution >= 0.6 is 15.9 Å². The first-order chi connectivity index (χ1) is 17.0. The fourth-order valence-electron chi connectivity index (χ4n) is 3.51. The lowest BCUT2D eigenvalue weighted by molar-refractivity contribution is 0.152. The van der Waals surface area contributed by atoms with Gasteiger partial charge in [-0.1, -0.05) is 46.3 Å². The van der Waals surface area contributed by atoms with Gasteiger partial charge in [0, 0.05) is 29.5 Å². The van der Waals surface area contributed by atoms with Crippen molar-refractivity contribution in [3.63, 3.8) is 0 Å². The first kappa shape index (κ1) is 24.5. The second-order valence-corrected chi connectivity index (χ2v) is 8.88. The number of carbonyl (C=O) groups is 1. The third-order valence-corrected chi connectivity index (χ3v) is 6.01. The maximum absolute atomic E-state index is 12.5. The van der Waals surface area contributed by atoms with Crippen LogP contribution in [0.25, 0.3) is 11.5 Å². The summed E-state index contributed by atoms with van der Waals surface area (Å²) in [5.41, 5.74) is 2.84. The molecule has 1 aromatic heterocycles. The van der Waals surface area contributed by atoms with Crippen molar-refractivity contribution in [2.45, 2.75) is 26.8 Å². The molecule has 0 aliphatic carbocycles. The van der Waals surface area contributed by atoms with E-state index < -0.39 is 0 Å². The van der Waals surface area contributed by atoms with E-state index in [1.165, 1.54) is 0 Å². The molecule has 0 atom stereocenters. The van der Waals surface area contributed by atoms with Crippen molar-refractivity contribution in [1.82, 2.24) is 9.88 Å². The van der Waals surface area contributed by atoms with E-state index in [1.807, 2.05) is 80.6 Å². The van der Waals surface area contributed by atoms with Crippen LogP contribution in [0.2, 0.25) is 0 Å². The Kier molecular flexibility index (Phi) is 8.21. The second-order valence-electron chi connectivity index (χ2n) is 7.97. The average Bonchev–Trinajstić information content (AvgIpc) is 3.25. The highest BCUT2D eigenvalue weighted by Crippen LogP contribution is 2.22. The molecule has 1 amide bonds. The summed E-state index contributed by atoms with van der Waals surface area (Å²) in [4.78, 5) is 18.8. The van der Waals surface area contributed by atoms with Gasteiger partial charge in [0.25, 0.3) is 0 Å². The Morgan fingerprint density at radius 1 is 0.971 bits per heavy atom. The van der Waals surface area contributed by atoms with Crippen molar-refractivity contribution in [3.05, 3.63) is 100 Å². The van der Waals surface area contributed by atoms with Gasteiger partial charge in [0.15, 0.2) is 0 Å². The molecule has 1 heterocycles. The Hall–Kier alpha value is -3.58. The van der Waals surface area contributed by atoms with E-state index in [0.29, 0.717) is 37.8 Å². The van der Waals surface area contributed by atoms with Gasteiger partial charge in [-0.25, -0.2) is 9.78 Å². The van der Waals surface area contributed by atoms with Crippen LogP contribution in [0.5, 0.6) is 11.5 Å². The Morgan fingerprint density at radius 3 is 2.34 bits per heavy atom. The molecular formula is C28H27BrN2O4. The minimum Gasteiger partial charge on any atom is -0.493 e. The van der Waals surface area contributed by atoms with E-state index in [4.69, 9.17) is 13.9 Å². The van der Waals surface area contributed by atoms with Crippen molar-refractivity contribution in [1.29, 1.82) is 0 Å². The lowest BCUT2D eigenvalue weighted by atomic mass is 10.2.